The lowest BCUT2D eigenvalue weighted by Gasteiger charge is -2.44. The molecule has 0 aromatic heterocycles. The Balaban J connectivity index is 2.69. The number of hydrogen-bond acceptors (Lipinski definition) is 5. The Kier molecular flexibility index (Phi) is 5.17. The van der Waals surface area contributed by atoms with Gasteiger partial charge in [0.25, 0.3) is 0 Å². The van der Waals surface area contributed by atoms with Crippen molar-refractivity contribution in [2.24, 2.45) is 0 Å². The Bertz CT molecular complexity index is 254. The molecule has 0 aliphatic carbocycles. The molecule has 1 aliphatic rings. The van der Waals surface area contributed by atoms with Crippen LogP contribution in [0.15, 0.2) is 0 Å². The third kappa shape index (κ3) is 2.88. The zero-order valence-corrected chi connectivity index (χ0v) is 10.9. The minimum absolute atomic E-state index is 0.323. The molecule has 1 saturated heterocycles. The van der Waals surface area contributed by atoms with Crippen molar-refractivity contribution >= 4 is 6.09 Å². The summed E-state index contributed by atoms with van der Waals surface area (Å²) in [7, 11) is 4.73. The Hall–Kier alpha value is -0.850. The molecule has 1 heterocycles. The molecular formula is C11H21NO5. The summed E-state index contributed by atoms with van der Waals surface area (Å²) in [5.41, 5.74) is 0. The van der Waals surface area contributed by atoms with Gasteiger partial charge in [0.2, 0.25) is 0 Å². The zero-order valence-electron chi connectivity index (χ0n) is 10.9. The van der Waals surface area contributed by atoms with Crippen molar-refractivity contribution in [2.45, 2.75) is 25.2 Å². The van der Waals surface area contributed by atoms with Gasteiger partial charge in [-0.1, -0.05) is 0 Å². The summed E-state index contributed by atoms with van der Waals surface area (Å²) in [6.45, 7) is 3.08. The van der Waals surface area contributed by atoms with E-state index in [1.165, 1.54) is 0 Å². The standard InChI is InChI=1S/C11H21NO5/c1-5-17-10(13)12-7-6-11(15-3,16-4)9(8-12)14-2/h9H,5-8H2,1-4H3/t9-/m1/s1. The number of rotatable bonds is 4. The molecule has 100 valence electrons. The van der Waals surface area contributed by atoms with Crippen molar-refractivity contribution in [1.29, 1.82) is 0 Å². The number of methoxy groups -OCH3 is 3. The number of hydrogen-bond donors (Lipinski definition) is 0. The molecule has 0 aromatic rings. The van der Waals surface area contributed by atoms with Crippen LogP contribution in [0.4, 0.5) is 4.79 Å². The van der Waals surface area contributed by atoms with E-state index in [9.17, 15) is 4.79 Å². The molecule has 1 rings (SSSR count). The van der Waals surface area contributed by atoms with Crippen LogP contribution in [0.2, 0.25) is 0 Å². The molecule has 0 spiro atoms. The number of ether oxygens (including phenoxy) is 4. The molecule has 0 saturated carbocycles. The lowest BCUT2D eigenvalue weighted by atomic mass is 10.0. The van der Waals surface area contributed by atoms with E-state index in [2.05, 4.69) is 0 Å². The van der Waals surface area contributed by atoms with E-state index in [0.717, 1.165) is 0 Å². The van der Waals surface area contributed by atoms with Crippen LogP contribution in [0, 0.1) is 0 Å². The van der Waals surface area contributed by atoms with Crippen molar-refractivity contribution in [2.75, 3.05) is 41.0 Å². The first-order chi connectivity index (χ1) is 8.13. The monoisotopic (exact) mass is 247 g/mol. The predicted molar refractivity (Wildman–Crippen MR) is 60.8 cm³/mol. The number of likely N-dealkylation sites (tertiary alicyclic amines) is 1. The van der Waals surface area contributed by atoms with E-state index in [0.29, 0.717) is 26.1 Å². The lowest BCUT2D eigenvalue weighted by Crippen LogP contribution is -2.59. The fraction of sp³-hybridized carbons (Fsp3) is 0.909. The van der Waals surface area contributed by atoms with E-state index in [4.69, 9.17) is 18.9 Å². The number of carbonyl (C=O) groups is 1. The van der Waals surface area contributed by atoms with E-state index >= 15 is 0 Å². The fourth-order valence-electron chi connectivity index (χ4n) is 2.07. The van der Waals surface area contributed by atoms with Gasteiger partial charge in [-0.15, -0.1) is 0 Å². The Morgan fingerprint density at radius 1 is 1.35 bits per heavy atom. The Morgan fingerprint density at radius 2 is 2.00 bits per heavy atom. The second-order valence-electron chi connectivity index (χ2n) is 3.84. The molecule has 0 bridgehead atoms. The molecular weight excluding hydrogens is 226 g/mol. The predicted octanol–water partition coefficient (Wildman–Crippen LogP) is 0.853. The van der Waals surface area contributed by atoms with Crippen LogP contribution in [0.25, 0.3) is 0 Å². The van der Waals surface area contributed by atoms with Crippen LogP contribution in [0.1, 0.15) is 13.3 Å². The van der Waals surface area contributed by atoms with Crippen LogP contribution >= 0.6 is 0 Å². The Morgan fingerprint density at radius 3 is 2.47 bits per heavy atom. The van der Waals surface area contributed by atoms with Gasteiger partial charge in [0.1, 0.15) is 6.10 Å². The van der Waals surface area contributed by atoms with E-state index in [1.54, 1.807) is 33.2 Å². The van der Waals surface area contributed by atoms with Gasteiger partial charge in [0, 0.05) is 34.3 Å². The summed E-state index contributed by atoms with van der Waals surface area (Å²) in [6.07, 6.45) is -0.0943. The van der Waals surface area contributed by atoms with Crippen LogP contribution in [0.3, 0.4) is 0 Å². The smallest absolute Gasteiger partial charge is 0.409 e. The fourth-order valence-corrected chi connectivity index (χ4v) is 2.07. The van der Waals surface area contributed by atoms with Gasteiger partial charge < -0.3 is 23.8 Å². The number of nitrogens with zero attached hydrogens (tertiary/aromatic N) is 1. The largest absolute Gasteiger partial charge is 0.450 e. The molecule has 0 unspecified atom stereocenters. The maximum absolute atomic E-state index is 11.6. The molecule has 1 aliphatic heterocycles. The molecule has 6 nitrogen and oxygen atoms in total. The van der Waals surface area contributed by atoms with Gasteiger partial charge in [-0.2, -0.15) is 0 Å². The second kappa shape index (κ2) is 6.18. The molecule has 17 heavy (non-hydrogen) atoms. The van der Waals surface area contributed by atoms with Crippen molar-refractivity contribution in [3.05, 3.63) is 0 Å². The van der Waals surface area contributed by atoms with Crippen LogP contribution < -0.4 is 0 Å². The van der Waals surface area contributed by atoms with Gasteiger partial charge in [-0.05, 0) is 6.92 Å². The van der Waals surface area contributed by atoms with Gasteiger partial charge in [0.05, 0.1) is 13.2 Å². The highest BCUT2D eigenvalue weighted by atomic mass is 16.7. The van der Waals surface area contributed by atoms with Gasteiger partial charge in [-0.3, -0.25) is 0 Å². The van der Waals surface area contributed by atoms with E-state index in [1.807, 2.05) is 0 Å². The summed E-state index contributed by atoms with van der Waals surface area (Å²) >= 11 is 0. The summed E-state index contributed by atoms with van der Waals surface area (Å²) in [5.74, 6) is -0.780. The van der Waals surface area contributed by atoms with Gasteiger partial charge in [-0.25, -0.2) is 4.79 Å². The Labute approximate surface area is 102 Å². The topological polar surface area (TPSA) is 57.2 Å². The lowest BCUT2D eigenvalue weighted by molar-refractivity contribution is -0.281. The first-order valence-electron chi connectivity index (χ1n) is 5.68. The minimum Gasteiger partial charge on any atom is -0.450 e. The first kappa shape index (κ1) is 14.2. The van der Waals surface area contributed by atoms with Gasteiger partial charge in [0.15, 0.2) is 5.79 Å². The molecule has 0 radical (unpaired) electrons. The molecule has 0 aromatic carbocycles. The normalized spacial score (nSPS) is 23.5. The van der Waals surface area contributed by atoms with Gasteiger partial charge >= 0.3 is 6.09 Å². The summed E-state index contributed by atoms with van der Waals surface area (Å²) < 4.78 is 21.1. The van der Waals surface area contributed by atoms with Crippen molar-refractivity contribution in [3.63, 3.8) is 0 Å². The molecule has 0 N–H and O–H groups in total. The molecule has 6 heteroatoms. The second-order valence-corrected chi connectivity index (χ2v) is 3.84. The van der Waals surface area contributed by atoms with Crippen molar-refractivity contribution < 1.29 is 23.7 Å². The third-order valence-electron chi connectivity index (χ3n) is 3.11. The highest BCUT2D eigenvalue weighted by Gasteiger charge is 2.45. The third-order valence-corrected chi connectivity index (χ3v) is 3.11. The maximum atomic E-state index is 11.6. The quantitative estimate of drug-likeness (QED) is 0.689. The summed E-state index contributed by atoms with van der Waals surface area (Å²) in [4.78, 5) is 13.2. The zero-order chi connectivity index (χ0) is 12.9. The minimum atomic E-state index is -0.780. The van der Waals surface area contributed by atoms with Crippen LogP contribution in [0.5, 0.6) is 0 Å². The number of piperidine rings is 1. The molecule has 1 fully saturated rings. The average molecular weight is 247 g/mol. The number of amides is 1. The van der Waals surface area contributed by atoms with E-state index in [-0.39, 0.29) is 12.2 Å². The van der Waals surface area contributed by atoms with Crippen LogP contribution in [-0.2, 0) is 18.9 Å². The molecule has 1 atom stereocenters. The van der Waals surface area contributed by atoms with Crippen molar-refractivity contribution in [3.8, 4) is 0 Å². The molecule has 1 amide bonds. The highest BCUT2D eigenvalue weighted by Crippen LogP contribution is 2.29. The highest BCUT2D eigenvalue weighted by molar-refractivity contribution is 5.67. The van der Waals surface area contributed by atoms with Crippen LogP contribution in [-0.4, -0.2) is 63.9 Å². The first-order valence-corrected chi connectivity index (χ1v) is 5.68. The maximum Gasteiger partial charge on any atom is 0.409 e. The summed E-state index contributed by atoms with van der Waals surface area (Å²) in [6, 6.07) is 0. The average Bonchev–Trinajstić information content (AvgIpc) is 2.38. The van der Waals surface area contributed by atoms with E-state index < -0.39 is 5.79 Å². The number of carbonyl (C=O) groups excluding carboxylic acids is 1. The summed E-state index contributed by atoms with van der Waals surface area (Å²) in [5, 5.41) is 0. The van der Waals surface area contributed by atoms with Crippen molar-refractivity contribution in [1.82, 2.24) is 4.90 Å². The SMILES string of the molecule is CCOC(=O)N1CCC(OC)(OC)[C@H](OC)C1.